The molecule has 2 aliphatic heterocycles. The van der Waals surface area contributed by atoms with Gasteiger partial charge in [-0.2, -0.15) is 0 Å². The summed E-state index contributed by atoms with van der Waals surface area (Å²) in [6, 6.07) is 47.3. The van der Waals surface area contributed by atoms with E-state index in [1.54, 1.807) is 0 Å². The van der Waals surface area contributed by atoms with Gasteiger partial charge in [0, 0.05) is 39.7 Å². The molecule has 4 nitrogen and oxygen atoms in total. The Labute approximate surface area is 435 Å². The minimum atomic E-state index is -0.176. The highest BCUT2D eigenvalue weighted by Crippen LogP contribution is 2.50. The number of hydrogen-bond donors (Lipinski definition) is 0. The van der Waals surface area contributed by atoms with Gasteiger partial charge in [0.15, 0.2) is 0 Å². The summed E-state index contributed by atoms with van der Waals surface area (Å²) in [4.78, 5) is 11.3. The summed E-state index contributed by atoms with van der Waals surface area (Å²) in [6.45, 7) is 49.1. The van der Waals surface area contributed by atoms with Gasteiger partial charge in [0.25, 0.3) is 6.71 Å². The lowest BCUT2D eigenvalue weighted by Gasteiger charge is -2.45. The largest absolute Gasteiger partial charge is 0.311 e. The fraction of sp³-hybridized carbons (Fsp3) is 0.418. The van der Waals surface area contributed by atoms with Gasteiger partial charge < -0.3 is 4.90 Å². The maximum absolute atomic E-state index is 6.08. The van der Waals surface area contributed by atoms with E-state index in [1.807, 2.05) is 0 Å². The average molecular weight is 955 g/mol. The van der Waals surface area contributed by atoms with E-state index in [9.17, 15) is 0 Å². The monoisotopic (exact) mass is 955 g/mol. The van der Waals surface area contributed by atoms with Gasteiger partial charge in [-0.3, -0.25) is 9.47 Å². The summed E-state index contributed by atoms with van der Waals surface area (Å²) in [7, 11) is 0. The van der Waals surface area contributed by atoms with E-state index in [0.29, 0.717) is 0 Å². The van der Waals surface area contributed by atoms with Crippen molar-refractivity contribution < 1.29 is 0 Å². The van der Waals surface area contributed by atoms with Crippen molar-refractivity contribution >= 4 is 57.5 Å². The van der Waals surface area contributed by atoms with Crippen LogP contribution in [0.3, 0.4) is 0 Å². The van der Waals surface area contributed by atoms with Crippen LogP contribution in [0.25, 0.3) is 17.1 Å². The third-order valence-electron chi connectivity index (χ3n) is 15.4. The fourth-order valence-electron chi connectivity index (χ4n) is 10.9. The SMILES string of the molecule is CC(C)(C)c1ccc(-c2nc3c(n2-c2ccccc2)N(c2cc(C(C)(C)C)cc(C(C)(C)C)c2)c2cc(C(C)(C)C)cc4c2B3c2cc(C(C)(C)C)ccc2N4c2ccc(C(C)(C)C)c(C(C)(C)C)c2)cc1. The van der Waals surface area contributed by atoms with Gasteiger partial charge in [0.1, 0.15) is 11.6 Å². The molecule has 5 heteroatoms. The maximum Gasteiger partial charge on any atom is 0.277 e. The second-order valence-electron chi connectivity index (χ2n) is 28.4. The smallest absolute Gasteiger partial charge is 0.277 e. The molecule has 1 aromatic heterocycles. The van der Waals surface area contributed by atoms with Crippen molar-refractivity contribution in [2.45, 2.75) is 183 Å². The Kier molecular flexibility index (Phi) is 12.0. The average Bonchev–Trinajstić information content (AvgIpc) is 3.66. The van der Waals surface area contributed by atoms with Crippen molar-refractivity contribution in [3.05, 3.63) is 160 Å². The third kappa shape index (κ3) is 9.06. The van der Waals surface area contributed by atoms with Gasteiger partial charge >= 0.3 is 0 Å². The van der Waals surface area contributed by atoms with E-state index in [0.717, 1.165) is 34.2 Å². The maximum atomic E-state index is 6.08. The van der Waals surface area contributed by atoms with E-state index in [4.69, 9.17) is 4.98 Å². The van der Waals surface area contributed by atoms with Crippen LogP contribution in [0.4, 0.5) is 34.3 Å². The molecule has 0 N–H and O–H groups in total. The van der Waals surface area contributed by atoms with Gasteiger partial charge in [-0.15, -0.1) is 0 Å². The molecular weight excluding hydrogens is 872 g/mol. The van der Waals surface area contributed by atoms with Gasteiger partial charge in [0.05, 0.1) is 5.59 Å². The molecule has 0 saturated carbocycles. The molecule has 72 heavy (non-hydrogen) atoms. The zero-order chi connectivity index (χ0) is 52.6. The van der Waals surface area contributed by atoms with Crippen molar-refractivity contribution in [1.82, 2.24) is 9.55 Å². The molecule has 0 unspecified atom stereocenters. The van der Waals surface area contributed by atoms with Crippen LogP contribution in [0.5, 0.6) is 0 Å². The molecule has 0 fully saturated rings. The Hall–Kier alpha value is -5.81. The number of imidazole rings is 1. The van der Waals surface area contributed by atoms with Crippen molar-refractivity contribution in [2.24, 2.45) is 0 Å². The predicted molar refractivity (Wildman–Crippen MR) is 314 cm³/mol. The highest BCUT2D eigenvalue weighted by molar-refractivity contribution is 7.00. The number of benzene rings is 6. The first-order chi connectivity index (χ1) is 33.1. The summed E-state index contributed by atoms with van der Waals surface area (Å²) in [5, 5.41) is 0. The minimum absolute atomic E-state index is 0.0121. The number of hydrogen-bond acceptors (Lipinski definition) is 3. The number of fused-ring (bicyclic) bond motifs is 4. The van der Waals surface area contributed by atoms with Crippen LogP contribution < -0.4 is 26.3 Å². The zero-order valence-corrected chi connectivity index (χ0v) is 47.9. The van der Waals surface area contributed by atoms with Crippen molar-refractivity contribution in [2.75, 3.05) is 9.80 Å². The molecule has 0 amide bonds. The molecule has 2 aliphatic rings. The quantitative estimate of drug-likeness (QED) is 0.164. The molecule has 0 bridgehead atoms. The van der Waals surface area contributed by atoms with Crippen molar-refractivity contribution in [1.29, 1.82) is 0 Å². The van der Waals surface area contributed by atoms with Crippen LogP contribution in [-0.4, -0.2) is 16.3 Å². The molecule has 0 saturated heterocycles. The molecule has 0 atom stereocenters. The molecular formula is C67H83BN4. The Morgan fingerprint density at radius 3 is 1.38 bits per heavy atom. The summed E-state index contributed by atoms with van der Waals surface area (Å²) in [5.41, 5.74) is 20.5. The lowest BCUT2D eigenvalue weighted by atomic mass is 9.35. The number of nitrogens with zero attached hydrogens (tertiary/aromatic N) is 4. The summed E-state index contributed by atoms with van der Waals surface area (Å²) in [5.74, 6) is 2.02. The van der Waals surface area contributed by atoms with Gasteiger partial charge in [0.2, 0.25) is 0 Å². The normalized spacial score (nSPS) is 14.4. The van der Waals surface area contributed by atoms with Crippen LogP contribution >= 0.6 is 0 Å². The number of para-hydroxylation sites is 1. The highest BCUT2D eigenvalue weighted by atomic mass is 15.3. The number of rotatable bonds is 4. The summed E-state index contributed by atoms with van der Waals surface area (Å²) < 4.78 is 2.48. The first-order valence-electron chi connectivity index (χ1n) is 26.7. The second kappa shape index (κ2) is 16.9. The van der Waals surface area contributed by atoms with Crippen LogP contribution in [0.2, 0.25) is 0 Å². The fourth-order valence-corrected chi connectivity index (χ4v) is 10.9. The number of aromatic nitrogens is 2. The first-order valence-corrected chi connectivity index (χ1v) is 26.7. The van der Waals surface area contributed by atoms with Crippen LogP contribution in [0, 0.1) is 0 Å². The Balaban J connectivity index is 1.50. The van der Waals surface area contributed by atoms with E-state index in [-0.39, 0.29) is 44.6 Å². The standard InChI is InChI=1S/C67H83BN4/c1-61(2,3)43-29-27-42(28-30-43)59-69-58-60(72(59)48-25-23-22-24-26-48)71(50-36-45(63(7,8)9)35-46(37-50)64(10,11)12)56-40-47(65(13,14)15)39-55-57(56)68(58)53-38-44(62(4,5)6)31-34-54(53)70(55)49-32-33-51(66(16,17)18)52(41-49)67(19,20)21/h22-41H,1-21H3. The molecule has 3 heterocycles. The Bertz CT molecular complexity index is 3180. The Morgan fingerprint density at radius 2 is 0.861 bits per heavy atom. The minimum Gasteiger partial charge on any atom is -0.311 e. The summed E-state index contributed by atoms with van der Waals surface area (Å²) >= 11 is 0. The van der Waals surface area contributed by atoms with Crippen LogP contribution in [0.1, 0.15) is 184 Å². The van der Waals surface area contributed by atoms with E-state index >= 15 is 0 Å². The van der Waals surface area contributed by atoms with Crippen LogP contribution in [0.15, 0.2) is 121 Å². The topological polar surface area (TPSA) is 24.3 Å². The molecule has 0 aliphatic carbocycles. The van der Waals surface area contributed by atoms with E-state index in [2.05, 4.69) is 281 Å². The molecule has 6 aromatic carbocycles. The van der Waals surface area contributed by atoms with Gasteiger partial charge in [-0.05, 0) is 142 Å². The molecule has 0 spiro atoms. The van der Waals surface area contributed by atoms with E-state index < -0.39 is 0 Å². The highest BCUT2D eigenvalue weighted by Gasteiger charge is 2.48. The Morgan fingerprint density at radius 1 is 0.361 bits per heavy atom. The molecule has 374 valence electrons. The predicted octanol–water partition coefficient (Wildman–Crippen LogP) is 16.7. The van der Waals surface area contributed by atoms with Gasteiger partial charge in [-0.25, -0.2) is 4.98 Å². The third-order valence-corrected chi connectivity index (χ3v) is 15.4. The second-order valence-corrected chi connectivity index (χ2v) is 28.4. The first kappa shape index (κ1) is 51.1. The zero-order valence-electron chi connectivity index (χ0n) is 47.9. The van der Waals surface area contributed by atoms with Crippen molar-refractivity contribution in [3.63, 3.8) is 0 Å². The molecule has 0 radical (unpaired) electrons. The van der Waals surface area contributed by atoms with Crippen LogP contribution in [-0.2, 0) is 37.9 Å². The van der Waals surface area contributed by atoms with Crippen molar-refractivity contribution in [3.8, 4) is 17.1 Å². The lowest BCUT2D eigenvalue weighted by molar-refractivity contribution is 0.530. The summed E-state index contributed by atoms with van der Waals surface area (Å²) in [6.07, 6.45) is 0. The number of anilines is 6. The molecule has 9 rings (SSSR count). The van der Waals surface area contributed by atoms with E-state index in [1.165, 1.54) is 72.6 Å². The lowest BCUT2D eigenvalue weighted by Crippen LogP contribution is -2.62. The molecule has 7 aromatic rings. The van der Waals surface area contributed by atoms with Gasteiger partial charge in [-0.1, -0.05) is 212 Å².